The van der Waals surface area contributed by atoms with Crippen molar-refractivity contribution in [2.75, 3.05) is 18.0 Å². The van der Waals surface area contributed by atoms with Gasteiger partial charge in [-0.3, -0.25) is 4.98 Å². The van der Waals surface area contributed by atoms with Crippen LogP contribution in [0.15, 0.2) is 36.8 Å². The highest BCUT2D eigenvalue weighted by atomic mass is 19.4. The zero-order valence-electron chi connectivity index (χ0n) is 18.9. The number of hydrogen-bond donors (Lipinski definition) is 0. The van der Waals surface area contributed by atoms with E-state index in [1.807, 2.05) is 17.2 Å². The number of benzene rings is 1. The van der Waals surface area contributed by atoms with Gasteiger partial charge in [-0.1, -0.05) is 6.07 Å². The average molecular weight is 488 g/mol. The van der Waals surface area contributed by atoms with Gasteiger partial charge < -0.3 is 4.90 Å². The van der Waals surface area contributed by atoms with Gasteiger partial charge in [-0.15, -0.1) is 0 Å². The lowest BCUT2D eigenvalue weighted by atomic mass is 9.91. The van der Waals surface area contributed by atoms with Crippen molar-refractivity contribution in [1.29, 1.82) is 0 Å². The van der Waals surface area contributed by atoms with Gasteiger partial charge in [0.15, 0.2) is 5.65 Å². The van der Waals surface area contributed by atoms with Crippen LogP contribution in [-0.2, 0) is 13.2 Å². The molecule has 0 N–H and O–H groups in total. The summed E-state index contributed by atoms with van der Waals surface area (Å²) < 4.78 is 70.4. The molecule has 0 spiro atoms. The van der Waals surface area contributed by atoms with Crippen molar-refractivity contribution in [2.45, 2.75) is 31.9 Å². The van der Waals surface area contributed by atoms with E-state index in [-0.39, 0.29) is 11.1 Å². The molecule has 1 aromatic carbocycles. The minimum absolute atomic E-state index is 0.0737. The summed E-state index contributed by atoms with van der Waals surface area (Å²) in [5, 5.41) is 4.49. The Morgan fingerprint density at radius 2 is 1.80 bits per heavy atom. The van der Waals surface area contributed by atoms with Gasteiger partial charge >= 0.3 is 6.18 Å². The maximum absolute atomic E-state index is 14.9. The van der Waals surface area contributed by atoms with E-state index < -0.39 is 34.5 Å². The Hall–Kier alpha value is -3.63. The quantitative estimate of drug-likeness (QED) is 0.361. The van der Waals surface area contributed by atoms with Crippen LogP contribution in [0.1, 0.15) is 35.4 Å². The molecule has 6 nitrogen and oxygen atoms in total. The van der Waals surface area contributed by atoms with Gasteiger partial charge in [-0.25, -0.2) is 18.4 Å². The molecule has 1 aliphatic heterocycles. The number of hydrogen-bond acceptors (Lipinski definition) is 5. The van der Waals surface area contributed by atoms with Crippen LogP contribution >= 0.6 is 0 Å². The van der Waals surface area contributed by atoms with E-state index in [0.717, 1.165) is 32.9 Å². The molecule has 0 unspecified atom stereocenters. The maximum Gasteiger partial charge on any atom is 0.419 e. The molecular formula is C24H21F5N6. The van der Waals surface area contributed by atoms with E-state index >= 15 is 0 Å². The monoisotopic (exact) mass is 488 g/mol. The number of fused-ring (bicyclic) bond motifs is 1. The van der Waals surface area contributed by atoms with Crippen LogP contribution in [0.4, 0.5) is 27.9 Å². The largest absolute Gasteiger partial charge is 0.419 e. The lowest BCUT2D eigenvalue weighted by Crippen LogP contribution is -2.34. The molecule has 0 saturated carbocycles. The molecule has 0 bridgehead atoms. The van der Waals surface area contributed by atoms with E-state index in [2.05, 4.69) is 26.1 Å². The number of piperidine rings is 1. The predicted molar refractivity (Wildman–Crippen MR) is 120 cm³/mol. The van der Waals surface area contributed by atoms with Crippen LogP contribution in [0.3, 0.4) is 0 Å². The van der Waals surface area contributed by atoms with Crippen molar-refractivity contribution < 1.29 is 22.0 Å². The highest BCUT2D eigenvalue weighted by Gasteiger charge is 2.37. The fourth-order valence-corrected chi connectivity index (χ4v) is 4.56. The Bertz CT molecular complexity index is 1390. The molecule has 182 valence electrons. The van der Waals surface area contributed by atoms with E-state index in [0.29, 0.717) is 23.6 Å². The first-order valence-electron chi connectivity index (χ1n) is 11.1. The number of nitrogens with zero attached hydrogens (tertiary/aromatic N) is 6. The van der Waals surface area contributed by atoms with Crippen molar-refractivity contribution in [3.8, 4) is 11.3 Å². The summed E-state index contributed by atoms with van der Waals surface area (Å²) >= 11 is 0. The molecule has 4 heterocycles. The lowest BCUT2D eigenvalue weighted by Gasteiger charge is -2.32. The molecular weight excluding hydrogens is 467 g/mol. The second-order valence-corrected chi connectivity index (χ2v) is 8.65. The first-order chi connectivity index (χ1) is 16.6. The van der Waals surface area contributed by atoms with Gasteiger partial charge in [-0.2, -0.15) is 23.3 Å². The Balaban J connectivity index is 1.48. The summed E-state index contributed by atoms with van der Waals surface area (Å²) in [6.45, 7) is 2.41. The SMILES string of the molecule is Cc1c(F)c(-c2nn(C)c3nc(N4CCC(c5cccnc5)CC4)ncc23)cc(C(F)(F)F)c1F. The fraction of sp³-hybridized carbons (Fsp3) is 0.333. The van der Waals surface area contributed by atoms with Gasteiger partial charge in [0, 0.05) is 49.9 Å². The summed E-state index contributed by atoms with van der Waals surface area (Å²) in [7, 11) is 1.57. The molecule has 1 saturated heterocycles. The summed E-state index contributed by atoms with van der Waals surface area (Å²) in [5.74, 6) is -1.88. The van der Waals surface area contributed by atoms with Crippen LogP contribution in [-0.4, -0.2) is 37.8 Å². The topological polar surface area (TPSA) is 59.7 Å². The minimum Gasteiger partial charge on any atom is -0.341 e. The van der Waals surface area contributed by atoms with Gasteiger partial charge in [0.25, 0.3) is 0 Å². The van der Waals surface area contributed by atoms with Gasteiger partial charge in [0.1, 0.15) is 17.3 Å². The minimum atomic E-state index is -4.98. The molecule has 4 aromatic rings. The van der Waals surface area contributed by atoms with Crippen LogP contribution in [0, 0.1) is 18.6 Å². The Morgan fingerprint density at radius 1 is 1.06 bits per heavy atom. The third kappa shape index (κ3) is 4.08. The molecule has 0 atom stereocenters. The van der Waals surface area contributed by atoms with Crippen molar-refractivity contribution in [1.82, 2.24) is 24.7 Å². The first kappa shape index (κ1) is 23.1. The number of aryl methyl sites for hydroxylation is 1. The number of anilines is 1. The van der Waals surface area contributed by atoms with Crippen LogP contribution in [0.25, 0.3) is 22.3 Å². The normalized spacial score (nSPS) is 15.2. The van der Waals surface area contributed by atoms with Gasteiger partial charge in [0.05, 0.1) is 10.9 Å². The number of pyridine rings is 1. The zero-order valence-corrected chi connectivity index (χ0v) is 18.9. The van der Waals surface area contributed by atoms with Crippen molar-refractivity contribution >= 4 is 17.0 Å². The average Bonchev–Trinajstić information content (AvgIpc) is 3.18. The molecule has 0 aliphatic carbocycles. The van der Waals surface area contributed by atoms with Crippen molar-refractivity contribution in [3.63, 3.8) is 0 Å². The first-order valence-corrected chi connectivity index (χ1v) is 11.1. The molecule has 35 heavy (non-hydrogen) atoms. The summed E-state index contributed by atoms with van der Waals surface area (Å²) in [4.78, 5) is 15.2. The number of alkyl halides is 3. The highest BCUT2D eigenvalue weighted by Crippen LogP contribution is 2.39. The zero-order chi connectivity index (χ0) is 24.9. The smallest absolute Gasteiger partial charge is 0.341 e. The van der Waals surface area contributed by atoms with E-state index in [1.165, 1.54) is 16.4 Å². The molecule has 0 radical (unpaired) electrons. The van der Waals surface area contributed by atoms with Gasteiger partial charge in [0.2, 0.25) is 5.95 Å². The molecule has 11 heteroatoms. The van der Waals surface area contributed by atoms with E-state index in [9.17, 15) is 22.0 Å². The van der Waals surface area contributed by atoms with Crippen LogP contribution in [0.5, 0.6) is 0 Å². The Morgan fingerprint density at radius 3 is 2.46 bits per heavy atom. The number of halogens is 5. The fourth-order valence-electron chi connectivity index (χ4n) is 4.56. The second-order valence-electron chi connectivity index (χ2n) is 8.65. The van der Waals surface area contributed by atoms with E-state index in [1.54, 1.807) is 13.2 Å². The molecule has 3 aromatic heterocycles. The van der Waals surface area contributed by atoms with Crippen molar-refractivity contribution in [3.05, 3.63) is 65.1 Å². The molecule has 1 aliphatic rings. The van der Waals surface area contributed by atoms with Crippen molar-refractivity contribution in [2.24, 2.45) is 7.05 Å². The highest BCUT2D eigenvalue weighted by molar-refractivity contribution is 5.91. The standard InChI is InChI=1S/C24H21F5N6/c1-13-19(25)16(10-18(20(13)26)24(27,28)29)21-17-12-31-23(32-22(17)34(2)33-21)35-8-5-14(6-9-35)15-4-3-7-30-11-15/h3-4,7,10-12,14H,5-6,8-9H2,1-2H3. The summed E-state index contributed by atoms with van der Waals surface area (Å²) in [6, 6.07) is 4.44. The third-order valence-corrected chi connectivity index (χ3v) is 6.48. The summed E-state index contributed by atoms with van der Waals surface area (Å²) in [6.07, 6.45) is 1.85. The third-order valence-electron chi connectivity index (χ3n) is 6.48. The molecule has 5 rings (SSSR count). The predicted octanol–water partition coefficient (Wildman–Crippen LogP) is 5.41. The summed E-state index contributed by atoms with van der Waals surface area (Å²) in [5.41, 5.74) is -1.25. The Labute approximate surface area is 197 Å². The lowest BCUT2D eigenvalue weighted by molar-refractivity contribution is -0.140. The molecule has 1 fully saturated rings. The maximum atomic E-state index is 14.9. The van der Waals surface area contributed by atoms with Crippen LogP contribution in [0.2, 0.25) is 0 Å². The second kappa shape index (κ2) is 8.54. The number of rotatable bonds is 3. The van der Waals surface area contributed by atoms with Crippen LogP contribution < -0.4 is 4.90 Å². The number of aromatic nitrogens is 5. The molecule has 0 amide bonds. The van der Waals surface area contributed by atoms with E-state index in [4.69, 9.17) is 0 Å². The van der Waals surface area contributed by atoms with Gasteiger partial charge in [-0.05, 0) is 43.4 Å². The Kier molecular flexibility index (Phi) is 5.65.